The minimum absolute atomic E-state index is 0.480. The van der Waals surface area contributed by atoms with Crippen LogP contribution in [-0.4, -0.2) is 48.6 Å². The van der Waals surface area contributed by atoms with Crippen molar-refractivity contribution in [2.24, 2.45) is 0 Å². The zero-order chi connectivity index (χ0) is 13.2. The summed E-state index contributed by atoms with van der Waals surface area (Å²) in [5.74, 6) is 5.10. The summed E-state index contributed by atoms with van der Waals surface area (Å²) < 4.78 is 1.71. The molecule has 0 amide bonds. The van der Waals surface area contributed by atoms with Gasteiger partial charge in [-0.2, -0.15) is 43.1 Å². The maximum absolute atomic E-state index is 6.13. The molecule has 0 saturated carbocycles. The van der Waals surface area contributed by atoms with Crippen LogP contribution in [0.25, 0.3) is 5.78 Å². The summed E-state index contributed by atoms with van der Waals surface area (Å²) >= 11 is 10.2. The highest BCUT2D eigenvalue weighted by Gasteiger charge is 2.17. The number of fused-ring (bicyclic) bond motifs is 1. The summed E-state index contributed by atoms with van der Waals surface area (Å²) in [6.45, 7) is 2.86. The molecular weight excluding hydrogens is 302 g/mol. The molecular formula is C11H14ClN5S2. The third kappa shape index (κ3) is 2.78. The van der Waals surface area contributed by atoms with Crippen molar-refractivity contribution < 1.29 is 0 Å². The van der Waals surface area contributed by atoms with Gasteiger partial charge in [0.25, 0.3) is 5.78 Å². The third-order valence-electron chi connectivity index (χ3n) is 2.99. The quantitative estimate of drug-likeness (QED) is 0.878. The molecule has 1 atom stereocenters. The van der Waals surface area contributed by atoms with Gasteiger partial charge >= 0.3 is 0 Å². The number of thioether (sulfide) groups is 2. The molecule has 5 nitrogen and oxygen atoms in total. The first-order valence-corrected chi connectivity index (χ1v) is 8.63. The lowest BCUT2D eigenvalue weighted by atomic mass is 10.3. The monoisotopic (exact) mass is 315 g/mol. The van der Waals surface area contributed by atoms with Crippen molar-refractivity contribution in [2.45, 2.75) is 12.2 Å². The molecule has 1 unspecified atom stereocenters. The highest BCUT2D eigenvalue weighted by molar-refractivity contribution is 8.06. The minimum atomic E-state index is 0.480. The number of nitrogens with zero attached hydrogens (tertiary/aromatic N) is 4. The van der Waals surface area contributed by atoms with E-state index in [0.717, 1.165) is 17.9 Å². The summed E-state index contributed by atoms with van der Waals surface area (Å²) in [7, 11) is 0. The van der Waals surface area contributed by atoms with Crippen molar-refractivity contribution in [2.75, 3.05) is 29.1 Å². The van der Waals surface area contributed by atoms with E-state index in [2.05, 4.69) is 20.4 Å². The highest BCUT2D eigenvalue weighted by Crippen LogP contribution is 2.26. The normalized spacial score (nSPS) is 19.8. The fourth-order valence-corrected chi connectivity index (χ4v) is 4.75. The SMILES string of the molecule is Cc1c(Cl)nc2ncnn2c1NCC1CSCCS1. The van der Waals surface area contributed by atoms with Gasteiger partial charge in [-0.05, 0) is 6.92 Å². The van der Waals surface area contributed by atoms with Crippen LogP contribution in [0, 0.1) is 6.92 Å². The lowest BCUT2D eigenvalue weighted by Crippen LogP contribution is -2.24. The Morgan fingerprint density at radius 3 is 3.21 bits per heavy atom. The standard InChI is InChI=1S/C11H14ClN5S2/c1-7-9(12)16-11-14-6-15-17(11)10(7)13-4-8-5-18-2-3-19-8/h6,8,13H,2-5H2,1H3. The Kier molecular flexibility index (Phi) is 4.04. The van der Waals surface area contributed by atoms with E-state index >= 15 is 0 Å². The van der Waals surface area contributed by atoms with Gasteiger partial charge in [0.05, 0.1) is 0 Å². The molecule has 0 bridgehead atoms. The van der Waals surface area contributed by atoms with E-state index < -0.39 is 0 Å². The van der Waals surface area contributed by atoms with Crippen molar-refractivity contribution in [1.29, 1.82) is 0 Å². The van der Waals surface area contributed by atoms with Crippen molar-refractivity contribution in [3.63, 3.8) is 0 Å². The second-order valence-electron chi connectivity index (χ2n) is 4.30. The molecule has 0 aliphatic carbocycles. The Hall–Kier alpha value is -0.660. The Morgan fingerprint density at radius 2 is 2.42 bits per heavy atom. The molecule has 2 aromatic heterocycles. The summed E-state index contributed by atoms with van der Waals surface area (Å²) in [6.07, 6.45) is 1.49. The number of anilines is 1. The molecule has 3 heterocycles. The van der Waals surface area contributed by atoms with Gasteiger partial charge in [0, 0.05) is 34.6 Å². The zero-order valence-corrected chi connectivity index (χ0v) is 12.9. The molecule has 1 saturated heterocycles. The number of aromatic nitrogens is 4. The highest BCUT2D eigenvalue weighted by atomic mass is 35.5. The van der Waals surface area contributed by atoms with Crippen LogP contribution in [0.15, 0.2) is 6.33 Å². The molecule has 0 spiro atoms. The van der Waals surface area contributed by atoms with E-state index in [1.165, 1.54) is 23.6 Å². The summed E-state index contributed by atoms with van der Waals surface area (Å²) in [5.41, 5.74) is 0.910. The first-order chi connectivity index (χ1) is 9.25. The molecule has 1 aliphatic rings. The van der Waals surface area contributed by atoms with E-state index in [4.69, 9.17) is 11.6 Å². The van der Waals surface area contributed by atoms with E-state index in [9.17, 15) is 0 Å². The fraction of sp³-hybridized carbons (Fsp3) is 0.545. The number of hydrogen-bond acceptors (Lipinski definition) is 6. The summed E-state index contributed by atoms with van der Waals surface area (Å²) in [6, 6.07) is 0. The lowest BCUT2D eigenvalue weighted by molar-refractivity contribution is 0.901. The molecule has 0 aromatic carbocycles. The fourth-order valence-electron chi connectivity index (χ4n) is 1.97. The first kappa shape index (κ1) is 13.3. The van der Waals surface area contributed by atoms with Crippen LogP contribution in [0.5, 0.6) is 0 Å². The molecule has 19 heavy (non-hydrogen) atoms. The van der Waals surface area contributed by atoms with Crippen molar-refractivity contribution in [1.82, 2.24) is 19.6 Å². The Bertz CT molecular complexity index is 582. The number of hydrogen-bond donors (Lipinski definition) is 1. The van der Waals surface area contributed by atoms with E-state index in [1.807, 2.05) is 30.4 Å². The van der Waals surface area contributed by atoms with Crippen LogP contribution >= 0.6 is 35.1 Å². The second kappa shape index (κ2) is 5.76. The second-order valence-corrected chi connectivity index (χ2v) is 7.21. The van der Waals surface area contributed by atoms with E-state index in [1.54, 1.807) is 4.52 Å². The van der Waals surface area contributed by atoms with E-state index in [0.29, 0.717) is 16.2 Å². The summed E-state index contributed by atoms with van der Waals surface area (Å²) in [4.78, 5) is 8.28. The average molecular weight is 316 g/mol. The molecule has 3 rings (SSSR count). The number of halogens is 1. The van der Waals surface area contributed by atoms with Crippen LogP contribution in [0.3, 0.4) is 0 Å². The van der Waals surface area contributed by atoms with Crippen LogP contribution < -0.4 is 5.32 Å². The van der Waals surface area contributed by atoms with Gasteiger partial charge in [-0.3, -0.25) is 0 Å². The number of rotatable bonds is 3. The summed E-state index contributed by atoms with van der Waals surface area (Å²) in [5, 5.41) is 8.76. The topological polar surface area (TPSA) is 55.1 Å². The molecule has 1 aliphatic heterocycles. The predicted octanol–water partition coefficient (Wildman–Crippen LogP) is 2.35. The zero-order valence-electron chi connectivity index (χ0n) is 10.5. The molecule has 8 heteroatoms. The molecule has 2 aromatic rings. The van der Waals surface area contributed by atoms with Crippen LogP contribution in [-0.2, 0) is 0 Å². The van der Waals surface area contributed by atoms with E-state index in [-0.39, 0.29) is 0 Å². The average Bonchev–Trinajstić information content (AvgIpc) is 2.88. The van der Waals surface area contributed by atoms with Gasteiger partial charge in [-0.25, -0.2) is 0 Å². The van der Waals surface area contributed by atoms with Gasteiger partial charge in [-0.15, -0.1) is 0 Å². The Labute approximate surface area is 124 Å². The van der Waals surface area contributed by atoms with Crippen LogP contribution in [0.1, 0.15) is 5.56 Å². The molecule has 102 valence electrons. The molecule has 1 fully saturated rings. The van der Waals surface area contributed by atoms with Gasteiger partial charge in [-0.1, -0.05) is 11.6 Å². The molecule has 1 N–H and O–H groups in total. The third-order valence-corrected chi connectivity index (χ3v) is 6.20. The van der Waals surface area contributed by atoms with Crippen molar-refractivity contribution in [3.8, 4) is 0 Å². The molecule has 0 radical (unpaired) electrons. The van der Waals surface area contributed by atoms with Gasteiger partial charge in [0.15, 0.2) is 0 Å². The Balaban J connectivity index is 1.82. The first-order valence-electron chi connectivity index (χ1n) is 6.05. The minimum Gasteiger partial charge on any atom is -0.368 e. The maximum Gasteiger partial charge on any atom is 0.255 e. The van der Waals surface area contributed by atoms with Crippen LogP contribution in [0.2, 0.25) is 5.15 Å². The lowest BCUT2D eigenvalue weighted by Gasteiger charge is -2.22. The van der Waals surface area contributed by atoms with Gasteiger partial charge in [0.1, 0.15) is 17.3 Å². The number of nitrogens with one attached hydrogen (secondary N) is 1. The van der Waals surface area contributed by atoms with Crippen molar-refractivity contribution in [3.05, 3.63) is 17.0 Å². The van der Waals surface area contributed by atoms with Gasteiger partial charge < -0.3 is 5.32 Å². The van der Waals surface area contributed by atoms with Crippen molar-refractivity contribution >= 4 is 46.7 Å². The largest absolute Gasteiger partial charge is 0.368 e. The predicted molar refractivity (Wildman–Crippen MR) is 82.6 cm³/mol. The maximum atomic E-state index is 6.13. The van der Waals surface area contributed by atoms with Crippen LogP contribution in [0.4, 0.5) is 5.82 Å². The Morgan fingerprint density at radius 1 is 1.53 bits per heavy atom. The van der Waals surface area contributed by atoms with Gasteiger partial charge in [0.2, 0.25) is 0 Å². The smallest absolute Gasteiger partial charge is 0.255 e.